The van der Waals surface area contributed by atoms with E-state index in [9.17, 15) is 4.79 Å². The van der Waals surface area contributed by atoms with Gasteiger partial charge in [0.05, 0.1) is 6.04 Å². The quantitative estimate of drug-likeness (QED) is 0.918. The van der Waals surface area contributed by atoms with Crippen LogP contribution in [0.25, 0.3) is 0 Å². The highest BCUT2D eigenvalue weighted by atomic mass is 16.5. The molecule has 1 fully saturated rings. The number of amides is 1. The second kappa shape index (κ2) is 5.96. The molecular weight excluding hydrogens is 250 g/mol. The fraction of sp³-hybridized carbons (Fsp3) is 0.588. The molecule has 0 saturated carbocycles. The van der Waals surface area contributed by atoms with Gasteiger partial charge in [-0.15, -0.1) is 0 Å². The highest BCUT2D eigenvalue weighted by molar-refractivity contribution is 5.81. The molecule has 0 unspecified atom stereocenters. The molecule has 1 aliphatic rings. The van der Waals surface area contributed by atoms with Gasteiger partial charge in [0.1, 0.15) is 6.10 Å². The van der Waals surface area contributed by atoms with Crippen LogP contribution in [-0.2, 0) is 14.9 Å². The molecule has 1 heterocycles. The van der Waals surface area contributed by atoms with Gasteiger partial charge in [-0.1, -0.05) is 45.0 Å². The normalized spacial score (nSPS) is 20.7. The van der Waals surface area contributed by atoms with Crippen molar-refractivity contribution in [2.45, 2.75) is 58.1 Å². The number of hydrogen-bond donors (Lipinski definition) is 1. The summed E-state index contributed by atoms with van der Waals surface area (Å²) in [4.78, 5) is 12.0. The summed E-state index contributed by atoms with van der Waals surface area (Å²) >= 11 is 0. The first-order chi connectivity index (χ1) is 9.38. The van der Waals surface area contributed by atoms with Crippen LogP contribution < -0.4 is 5.32 Å². The molecule has 0 aromatic heterocycles. The zero-order valence-electron chi connectivity index (χ0n) is 12.9. The Morgan fingerprint density at radius 2 is 1.95 bits per heavy atom. The van der Waals surface area contributed by atoms with Gasteiger partial charge in [-0.3, -0.25) is 4.79 Å². The fourth-order valence-electron chi connectivity index (χ4n) is 2.45. The number of carbonyl (C=O) groups excluding carboxylic acids is 1. The summed E-state index contributed by atoms with van der Waals surface area (Å²) in [7, 11) is 0. The first-order valence-electron chi connectivity index (χ1n) is 7.40. The van der Waals surface area contributed by atoms with Crippen molar-refractivity contribution in [3.05, 3.63) is 35.4 Å². The predicted octanol–water partition coefficient (Wildman–Crippen LogP) is 3.34. The molecule has 1 N–H and O–H groups in total. The molecule has 1 saturated heterocycles. The maximum absolute atomic E-state index is 12.0. The standard InChI is InChI=1S/C17H25NO2/c1-12(18-16(19)15-6-5-11-20-15)13-7-9-14(10-8-13)17(2,3)4/h7-10,12,15H,5-6,11H2,1-4H3,(H,18,19)/t12-,15-/m0/s1. The van der Waals surface area contributed by atoms with Gasteiger partial charge in [0.2, 0.25) is 5.91 Å². The average Bonchev–Trinajstić information content (AvgIpc) is 2.91. The molecule has 3 nitrogen and oxygen atoms in total. The van der Waals surface area contributed by atoms with E-state index in [-0.39, 0.29) is 23.5 Å². The number of rotatable bonds is 3. The van der Waals surface area contributed by atoms with Gasteiger partial charge in [-0.2, -0.15) is 0 Å². The van der Waals surface area contributed by atoms with Gasteiger partial charge in [-0.05, 0) is 36.3 Å². The first kappa shape index (κ1) is 15.0. The number of hydrogen-bond acceptors (Lipinski definition) is 2. The fourth-order valence-corrected chi connectivity index (χ4v) is 2.45. The van der Waals surface area contributed by atoms with Crippen LogP contribution in [0.5, 0.6) is 0 Å². The maximum Gasteiger partial charge on any atom is 0.249 e. The van der Waals surface area contributed by atoms with Crippen molar-refractivity contribution in [2.24, 2.45) is 0 Å². The number of nitrogens with one attached hydrogen (secondary N) is 1. The van der Waals surface area contributed by atoms with Crippen molar-refractivity contribution < 1.29 is 9.53 Å². The van der Waals surface area contributed by atoms with Gasteiger partial charge < -0.3 is 10.1 Å². The van der Waals surface area contributed by atoms with Crippen LogP contribution in [0.15, 0.2) is 24.3 Å². The second-order valence-corrected chi connectivity index (χ2v) is 6.60. The van der Waals surface area contributed by atoms with E-state index in [4.69, 9.17) is 4.74 Å². The molecule has 0 spiro atoms. The summed E-state index contributed by atoms with van der Waals surface area (Å²) in [6.45, 7) is 9.31. The van der Waals surface area contributed by atoms with Crippen molar-refractivity contribution in [1.82, 2.24) is 5.32 Å². The van der Waals surface area contributed by atoms with E-state index in [1.165, 1.54) is 5.56 Å². The van der Waals surface area contributed by atoms with E-state index in [0.29, 0.717) is 6.61 Å². The molecule has 0 bridgehead atoms. The van der Waals surface area contributed by atoms with Crippen LogP contribution in [0.4, 0.5) is 0 Å². The molecule has 1 aromatic carbocycles. The topological polar surface area (TPSA) is 38.3 Å². The molecule has 110 valence electrons. The minimum atomic E-state index is -0.258. The molecule has 1 aromatic rings. The largest absolute Gasteiger partial charge is 0.368 e. The Kier molecular flexibility index (Phi) is 4.48. The van der Waals surface area contributed by atoms with Gasteiger partial charge >= 0.3 is 0 Å². The van der Waals surface area contributed by atoms with Crippen LogP contribution in [-0.4, -0.2) is 18.6 Å². The van der Waals surface area contributed by atoms with Crippen LogP contribution >= 0.6 is 0 Å². The molecule has 2 rings (SSSR count). The molecule has 3 heteroatoms. The van der Waals surface area contributed by atoms with Gasteiger partial charge in [0, 0.05) is 6.61 Å². The molecular formula is C17H25NO2. The van der Waals surface area contributed by atoms with Gasteiger partial charge in [-0.25, -0.2) is 0 Å². The van der Waals surface area contributed by atoms with E-state index in [1.54, 1.807) is 0 Å². The predicted molar refractivity (Wildman–Crippen MR) is 80.7 cm³/mol. The number of ether oxygens (including phenoxy) is 1. The number of benzene rings is 1. The summed E-state index contributed by atoms with van der Waals surface area (Å²) in [6, 6.07) is 8.50. The summed E-state index contributed by atoms with van der Waals surface area (Å²) < 4.78 is 5.40. The van der Waals surface area contributed by atoms with Crippen LogP contribution in [0.1, 0.15) is 57.7 Å². The molecule has 1 amide bonds. The third-order valence-electron chi connectivity index (χ3n) is 3.86. The van der Waals surface area contributed by atoms with E-state index < -0.39 is 0 Å². The Hall–Kier alpha value is -1.35. The van der Waals surface area contributed by atoms with Crippen LogP contribution in [0.2, 0.25) is 0 Å². The molecule has 2 atom stereocenters. The van der Waals surface area contributed by atoms with E-state index in [2.05, 4.69) is 50.4 Å². The first-order valence-corrected chi connectivity index (χ1v) is 7.40. The second-order valence-electron chi connectivity index (χ2n) is 6.60. The maximum atomic E-state index is 12.0. The molecule has 1 aliphatic heterocycles. The Bertz CT molecular complexity index is 453. The molecule has 0 aliphatic carbocycles. The number of carbonyl (C=O) groups is 1. The highest BCUT2D eigenvalue weighted by Crippen LogP contribution is 2.24. The summed E-state index contributed by atoms with van der Waals surface area (Å²) in [5, 5.41) is 3.03. The van der Waals surface area contributed by atoms with Gasteiger partial charge in [0.15, 0.2) is 0 Å². The Labute approximate surface area is 121 Å². The van der Waals surface area contributed by atoms with Crippen molar-refractivity contribution in [1.29, 1.82) is 0 Å². The summed E-state index contributed by atoms with van der Waals surface area (Å²) in [6.07, 6.45) is 1.56. The Morgan fingerprint density at radius 1 is 1.30 bits per heavy atom. The average molecular weight is 275 g/mol. The highest BCUT2D eigenvalue weighted by Gasteiger charge is 2.24. The lowest BCUT2D eigenvalue weighted by Gasteiger charge is -2.21. The van der Waals surface area contributed by atoms with Crippen molar-refractivity contribution in [3.63, 3.8) is 0 Å². The lowest BCUT2D eigenvalue weighted by atomic mass is 9.86. The van der Waals surface area contributed by atoms with Crippen LogP contribution in [0.3, 0.4) is 0 Å². The van der Waals surface area contributed by atoms with Crippen molar-refractivity contribution in [2.75, 3.05) is 6.61 Å². The van der Waals surface area contributed by atoms with E-state index in [1.807, 2.05) is 6.92 Å². The minimum Gasteiger partial charge on any atom is -0.368 e. The Morgan fingerprint density at radius 3 is 2.45 bits per heavy atom. The molecule has 0 radical (unpaired) electrons. The third-order valence-corrected chi connectivity index (χ3v) is 3.86. The zero-order valence-corrected chi connectivity index (χ0v) is 12.9. The SMILES string of the molecule is C[C@H](NC(=O)[C@@H]1CCCO1)c1ccc(C(C)(C)C)cc1. The van der Waals surface area contributed by atoms with E-state index >= 15 is 0 Å². The summed E-state index contributed by atoms with van der Waals surface area (Å²) in [5.41, 5.74) is 2.59. The van der Waals surface area contributed by atoms with Crippen molar-refractivity contribution in [3.8, 4) is 0 Å². The van der Waals surface area contributed by atoms with E-state index in [0.717, 1.165) is 18.4 Å². The zero-order chi connectivity index (χ0) is 14.8. The smallest absolute Gasteiger partial charge is 0.249 e. The lowest BCUT2D eigenvalue weighted by molar-refractivity contribution is -0.130. The minimum absolute atomic E-state index is 0.00916. The summed E-state index contributed by atoms with van der Waals surface area (Å²) in [5.74, 6) is 0.00916. The Balaban J connectivity index is 1.98. The van der Waals surface area contributed by atoms with Gasteiger partial charge in [0.25, 0.3) is 0 Å². The van der Waals surface area contributed by atoms with Crippen LogP contribution in [0, 0.1) is 0 Å². The molecule has 20 heavy (non-hydrogen) atoms. The lowest BCUT2D eigenvalue weighted by Crippen LogP contribution is -2.35. The third kappa shape index (κ3) is 3.60. The monoisotopic (exact) mass is 275 g/mol. The van der Waals surface area contributed by atoms with Crippen molar-refractivity contribution >= 4 is 5.91 Å².